The van der Waals surface area contributed by atoms with Crippen LogP contribution in [0.15, 0.2) is 35.7 Å². The van der Waals surface area contributed by atoms with Crippen LogP contribution in [-0.2, 0) is 0 Å². The van der Waals surface area contributed by atoms with E-state index >= 15 is 0 Å². The zero-order chi connectivity index (χ0) is 11.5. The Hall–Kier alpha value is -1.55. The van der Waals surface area contributed by atoms with E-state index in [1.807, 2.05) is 24.4 Å². The zero-order valence-corrected chi connectivity index (χ0v) is 9.59. The molecule has 4 heteroatoms. The molecule has 1 heterocycles. The summed E-state index contributed by atoms with van der Waals surface area (Å²) in [4.78, 5) is 1.19. The van der Waals surface area contributed by atoms with Crippen molar-refractivity contribution >= 4 is 17.0 Å². The van der Waals surface area contributed by atoms with E-state index in [0.717, 1.165) is 0 Å². The Morgan fingerprint density at radius 1 is 1.38 bits per heavy atom. The Kier molecular flexibility index (Phi) is 3.10. The number of hydrogen-bond donors (Lipinski definition) is 2. The van der Waals surface area contributed by atoms with Gasteiger partial charge in [0.1, 0.15) is 0 Å². The Balaban J connectivity index is 2.12. The van der Waals surface area contributed by atoms with Gasteiger partial charge in [-0.15, -0.1) is 11.3 Å². The van der Waals surface area contributed by atoms with Crippen LogP contribution in [0.5, 0.6) is 5.75 Å². The molecule has 0 fully saturated rings. The van der Waals surface area contributed by atoms with Crippen molar-refractivity contribution in [3.63, 3.8) is 0 Å². The quantitative estimate of drug-likeness (QED) is 0.796. The van der Waals surface area contributed by atoms with Crippen molar-refractivity contribution in [1.82, 2.24) is 0 Å². The van der Waals surface area contributed by atoms with Gasteiger partial charge in [0.05, 0.1) is 6.04 Å². The topological polar surface area (TPSA) is 32.3 Å². The van der Waals surface area contributed by atoms with Crippen LogP contribution in [-0.4, -0.2) is 5.11 Å². The second-order valence-electron chi connectivity index (χ2n) is 3.55. The van der Waals surface area contributed by atoms with Crippen LogP contribution < -0.4 is 5.32 Å². The number of hydrogen-bond acceptors (Lipinski definition) is 3. The molecule has 0 aliphatic carbocycles. The fourth-order valence-corrected chi connectivity index (χ4v) is 2.19. The van der Waals surface area contributed by atoms with Crippen molar-refractivity contribution in [2.24, 2.45) is 0 Å². The molecular formula is C12H12FNOS. The molecule has 0 aliphatic heterocycles. The van der Waals surface area contributed by atoms with E-state index in [4.69, 9.17) is 5.11 Å². The van der Waals surface area contributed by atoms with Gasteiger partial charge < -0.3 is 10.4 Å². The largest absolute Gasteiger partial charge is 0.505 e. The lowest BCUT2D eigenvalue weighted by atomic mass is 10.2. The zero-order valence-electron chi connectivity index (χ0n) is 8.77. The van der Waals surface area contributed by atoms with Crippen LogP contribution >= 0.6 is 11.3 Å². The van der Waals surface area contributed by atoms with Gasteiger partial charge in [0.25, 0.3) is 0 Å². The third-order valence-corrected chi connectivity index (χ3v) is 3.36. The number of benzene rings is 1. The Bertz CT molecular complexity index is 470. The Morgan fingerprint density at radius 2 is 2.19 bits per heavy atom. The van der Waals surface area contributed by atoms with Crippen LogP contribution in [0.3, 0.4) is 0 Å². The van der Waals surface area contributed by atoms with Gasteiger partial charge in [-0.25, -0.2) is 4.39 Å². The molecule has 1 aromatic heterocycles. The third-order valence-electron chi connectivity index (χ3n) is 2.30. The number of anilines is 1. The third kappa shape index (κ3) is 2.33. The summed E-state index contributed by atoms with van der Waals surface area (Å²) in [6, 6.07) is 8.43. The number of rotatable bonds is 3. The van der Waals surface area contributed by atoms with Crippen molar-refractivity contribution < 1.29 is 9.50 Å². The van der Waals surface area contributed by atoms with E-state index in [0.29, 0.717) is 5.69 Å². The molecule has 0 radical (unpaired) electrons. The van der Waals surface area contributed by atoms with Gasteiger partial charge >= 0.3 is 0 Å². The molecule has 0 saturated carbocycles. The molecule has 2 nitrogen and oxygen atoms in total. The summed E-state index contributed by atoms with van der Waals surface area (Å²) >= 11 is 1.65. The SMILES string of the molecule is CC(Nc1ccc(O)c(F)c1)c1cccs1. The molecule has 2 rings (SSSR count). The van der Waals surface area contributed by atoms with Gasteiger partial charge in [0, 0.05) is 16.6 Å². The Morgan fingerprint density at radius 3 is 2.81 bits per heavy atom. The highest BCUT2D eigenvalue weighted by molar-refractivity contribution is 7.10. The highest BCUT2D eigenvalue weighted by atomic mass is 32.1. The molecule has 1 aromatic carbocycles. The first kappa shape index (κ1) is 11.0. The predicted octanol–water partition coefficient (Wildman–Crippen LogP) is 3.77. The maximum Gasteiger partial charge on any atom is 0.166 e. The maximum atomic E-state index is 13.1. The molecule has 16 heavy (non-hydrogen) atoms. The molecule has 0 bridgehead atoms. The first-order chi connectivity index (χ1) is 7.66. The van der Waals surface area contributed by atoms with E-state index in [2.05, 4.69) is 5.32 Å². The van der Waals surface area contributed by atoms with E-state index in [9.17, 15) is 4.39 Å². The first-order valence-corrected chi connectivity index (χ1v) is 5.83. The van der Waals surface area contributed by atoms with Crippen molar-refractivity contribution in [2.45, 2.75) is 13.0 Å². The summed E-state index contributed by atoms with van der Waals surface area (Å²) in [6.45, 7) is 2.01. The molecule has 1 unspecified atom stereocenters. The van der Waals surface area contributed by atoms with Crippen LogP contribution in [0, 0.1) is 5.82 Å². The highest BCUT2D eigenvalue weighted by Crippen LogP contribution is 2.25. The van der Waals surface area contributed by atoms with E-state index in [1.165, 1.54) is 17.0 Å². The highest BCUT2D eigenvalue weighted by Gasteiger charge is 2.07. The lowest BCUT2D eigenvalue weighted by Gasteiger charge is -2.13. The van der Waals surface area contributed by atoms with Gasteiger partial charge in [-0.3, -0.25) is 0 Å². The molecule has 84 valence electrons. The molecule has 0 aliphatic rings. The van der Waals surface area contributed by atoms with Crippen LogP contribution in [0.4, 0.5) is 10.1 Å². The molecular weight excluding hydrogens is 225 g/mol. The molecule has 0 amide bonds. The lowest BCUT2D eigenvalue weighted by Crippen LogP contribution is -2.04. The maximum absolute atomic E-state index is 13.1. The Labute approximate surface area is 97.4 Å². The minimum atomic E-state index is -0.608. The van der Waals surface area contributed by atoms with Gasteiger partial charge in [0.15, 0.2) is 11.6 Å². The number of phenols is 1. The smallest absolute Gasteiger partial charge is 0.166 e. The minimum absolute atomic E-state index is 0.129. The number of thiophene rings is 1. The molecule has 0 saturated heterocycles. The van der Waals surface area contributed by atoms with Gasteiger partial charge in [-0.1, -0.05) is 6.07 Å². The van der Waals surface area contributed by atoms with Gasteiger partial charge in [0.2, 0.25) is 0 Å². The second kappa shape index (κ2) is 4.53. The van der Waals surface area contributed by atoms with Crippen molar-refractivity contribution in [1.29, 1.82) is 0 Å². The summed E-state index contributed by atoms with van der Waals surface area (Å²) in [5.41, 5.74) is 0.663. The fraction of sp³-hybridized carbons (Fsp3) is 0.167. The molecule has 0 spiro atoms. The minimum Gasteiger partial charge on any atom is -0.505 e. The second-order valence-corrected chi connectivity index (χ2v) is 4.53. The molecule has 2 N–H and O–H groups in total. The summed E-state index contributed by atoms with van der Waals surface area (Å²) in [6.07, 6.45) is 0. The van der Waals surface area contributed by atoms with E-state index < -0.39 is 5.82 Å². The average Bonchev–Trinajstić information content (AvgIpc) is 2.77. The fourth-order valence-electron chi connectivity index (χ4n) is 1.46. The van der Waals surface area contributed by atoms with E-state index in [-0.39, 0.29) is 11.8 Å². The summed E-state index contributed by atoms with van der Waals surface area (Å²) in [7, 11) is 0. The number of phenolic OH excluding ortho intramolecular Hbond substituents is 1. The summed E-state index contributed by atoms with van der Waals surface area (Å²) in [5.74, 6) is -0.933. The van der Waals surface area contributed by atoms with E-state index in [1.54, 1.807) is 17.4 Å². The first-order valence-electron chi connectivity index (χ1n) is 4.95. The number of halogens is 1. The lowest BCUT2D eigenvalue weighted by molar-refractivity contribution is 0.432. The summed E-state index contributed by atoms with van der Waals surface area (Å²) in [5, 5.41) is 14.2. The van der Waals surface area contributed by atoms with Crippen molar-refractivity contribution in [3.05, 3.63) is 46.4 Å². The summed E-state index contributed by atoms with van der Waals surface area (Å²) < 4.78 is 13.1. The number of nitrogens with one attached hydrogen (secondary N) is 1. The molecule has 2 aromatic rings. The molecule has 1 atom stereocenters. The van der Waals surface area contributed by atoms with Gasteiger partial charge in [-0.05, 0) is 30.5 Å². The van der Waals surface area contributed by atoms with Crippen LogP contribution in [0.25, 0.3) is 0 Å². The van der Waals surface area contributed by atoms with Crippen molar-refractivity contribution in [3.8, 4) is 5.75 Å². The van der Waals surface area contributed by atoms with Crippen LogP contribution in [0.2, 0.25) is 0 Å². The predicted molar refractivity (Wildman–Crippen MR) is 64.4 cm³/mol. The van der Waals surface area contributed by atoms with Crippen molar-refractivity contribution in [2.75, 3.05) is 5.32 Å². The number of aromatic hydroxyl groups is 1. The normalized spacial score (nSPS) is 12.4. The monoisotopic (exact) mass is 237 g/mol. The van der Waals surface area contributed by atoms with Gasteiger partial charge in [-0.2, -0.15) is 0 Å². The van der Waals surface area contributed by atoms with Crippen LogP contribution in [0.1, 0.15) is 17.8 Å². The standard InChI is InChI=1S/C12H12FNOS/c1-8(12-3-2-6-16-12)14-9-4-5-11(15)10(13)7-9/h2-8,14-15H,1H3. The average molecular weight is 237 g/mol.